The highest BCUT2D eigenvalue weighted by molar-refractivity contribution is 7.92. The first-order valence-electron chi connectivity index (χ1n) is 11.5. The smallest absolute Gasteiger partial charge is 0.229 e. The molecule has 3 heterocycles. The van der Waals surface area contributed by atoms with Gasteiger partial charge in [-0.3, -0.25) is 9.71 Å². The van der Waals surface area contributed by atoms with E-state index in [-0.39, 0.29) is 12.1 Å². The standard InChI is InChI=1S/C26H23Cl2N5O3S2/c1-36-23-11-9-17(15-20(23)31-38(2,34)35)33-25(24(30-26(33)37)19-6-3-4-12-29-19)22-7-5-13-32(22)21-10-8-16(27)14-18(21)28/h3-15,24-25,31H,1-2H3,(H,30,37)/t24-,25+/m1/s1. The van der Waals surface area contributed by atoms with Crippen molar-refractivity contribution in [2.24, 2.45) is 0 Å². The number of hydrogen-bond donors (Lipinski definition) is 2. The molecule has 2 aromatic heterocycles. The SMILES string of the molecule is COc1ccc(N2C(=S)N[C@H](c3ccccn3)[C@@H]2c2cccn2-c2ccc(Cl)cc2Cl)cc1NS(C)(=O)=O. The zero-order valence-corrected chi connectivity index (χ0v) is 23.4. The molecule has 8 nitrogen and oxygen atoms in total. The molecule has 1 fully saturated rings. The number of pyridine rings is 1. The Kier molecular flexibility index (Phi) is 7.23. The lowest BCUT2D eigenvalue weighted by molar-refractivity contribution is 0.417. The number of nitrogens with zero attached hydrogens (tertiary/aromatic N) is 3. The lowest BCUT2D eigenvalue weighted by Crippen LogP contribution is -2.30. The lowest BCUT2D eigenvalue weighted by Gasteiger charge is -2.29. The topological polar surface area (TPSA) is 88.5 Å². The maximum atomic E-state index is 12.1. The number of thiocarbonyl (C=S) groups is 1. The second kappa shape index (κ2) is 10.5. The van der Waals surface area contributed by atoms with Gasteiger partial charge in [-0.05, 0) is 72.9 Å². The van der Waals surface area contributed by atoms with E-state index < -0.39 is 10.0 Å². The van der Waals surface area contributed by atoms with E-state index in [1.807, 2.05) is 58.1 Å². The summed E-state index contributed by atoms with van der Waals surface area (Å²) in [5.41, 5.74) is 3.38. The van der Waals surface area contributed by atoms with Gasteiger partial charge in [0.05, 0.1) is 41.5 Å². The molecule has 1 saturated heterocycles. The fraction of sp³-hybridized carbons (Fsp3) is 0.154. The Hall–Kier alpha value is -3.31. The largest absolute Gasteiger partial charge is 0.495 e. The zero-order valence-electron chi connectivity index (χ0n) is 20.3. The molecule has 0 radical (unpaired) electrons. The number of sulfonamides is 1. The van der Waals surface area contributed by atoms with Crippen LogP contribution < -0.4 is 19.7 Å². The molecule has 4 aromatic rings. The molecule has 1 aliphatic heterocycles. The fourth-order valence-corrected chi connectivity index (χ4v) is 5.99. The van der Waals surface area contributed by atoms with Crippen LogP contribution in [0.25, 0.3) is 5.69 Å². The number of ether oxygens (including phenoxy) is 1. The quantitative estimate of drug-likeness (QED) is 0.267. The van der Waals surface area contributed by atoms with Crippen molar-refractivity contribution in [3.63, 3.8) is 0 Å². The number of benzene rings is 2. The average molecular weight is 589 g/mol. The van der Waals surface area contributed by atoms with Gasteiger partial charge in [0.1, 0.15) is 11.8 Å². The maximum absolute atomic E-state index is 12.1. The molecule has 0 spiro atoms. The fourth-order valence-electron chi connectivity index (χ4n) is 4.59. The van der Waals surface area contributed by atoms with Gasteiger partial charge in [-0.15, -0.1) is 0 Å². The third-order valence-electron chi connectivity index (χ3n) is 6.11. The van der Waals surface area contributed by atoms with E-state index in [1.54, 1.807) is 30.5 Å². The number of methoxy groups -OCH3 is 1. The minimum atomic E-state index is -3.56. The van der Waals surface area contributed by atoms with Crippen LogP contribution in [0.4, 0.5) is 11.4 Å². The van der Waals surface area contributed by atoms with Crippen LogP contribution in [-0.2, 0) is 10.0 Å². The zero-order chi connectivity index (χ0) is 27.0. The Morgan fingerprint density at radius 3 is 2.58 bits per heavy atom. The highest BCUT2D eigenvalue weighted by atomic mass is 35.5. The predicted octanol–water partition coefficient (Wildman–Crippen LogP) is 5.74. The Morgan fingerprint density at radius 2 is 1.89 bits per heavy atom. The van der Waals surface area contributed by atoms with Crippen molar-refractivity contribution < 1.29 is 13.2 Å². The molecule has 1 aliphatic rings. The van der Waals surface area contributed by atoms with Crippen molar-refractivity contribution in [3.05, 3.63) is 101 Å². The number of nitrogens with one attached hydrogen (secondary N) is 2. The summed E-state index contributed by atoms with van der Waals surface area (Å²) in [6.07, 6.45) is 4.74. The van der Waals surface area contributed by atoms with E-state index in [2.05, 4.69) is 15.0 Å². The third kappa shape index (κ3) is 5.17. The van der Waals surface area contributed by atoms with E-state index in [0.717, 1.165) is 23.3 Å². The van der Waals surface area contributed by atoms with E-state index in [9.17, 15) is 8.42 Å². The second-order valence-corrected chi connectivity index (χ2v) is 11.6. The molecular formula is C26H23Cl2N5O3S2. The van der Waals surface area contributed by atoms with Crippen LogP contribution in [0.1, 0.15) is 23.5 Å². The first kappa shape index (κ1) is 26.3. The monoisotopic (exact) mass is 587 g/mol. The van der Waals surface area contributed by atoms with Crippen molar-refractivity contribution in [2.45, 2.75) is 12.1 Å². The van der Waals surface area contributed by atoms with Crippen LogP contribution in [0.3, 0.4) is 0 Å². The van der Waals surface area contributed by atoms with Crippen molar-refractivity contribution in [1.82, 2.24) is 14.9 Å². The van der Waals surface area contributed by atoms with Crippen molar-refractivity contribution in [1.29, 1.82) is 0 Å². The summed E-state index contributed by atoms with van der Waals surface area (Å²) in [7, 11) is -2.08. The van der Waals surface area contributed by atoms with Gasteiger partial charge in [0.25, 0.3) is 0 Å². The van der Waals surface area contributed by atoms with E-state index in [4.69, 9.17) is 40.2 Å². The van der Waals surface area contributed by atoms with Crippen LogP contribution in [0.2, 0.25) is 10.0 Å². The number of halogens is 2. The molecule has 0 bridgehead atoms. The highest BCUT2D eigenvalue weighted by Crippen LogP contribution is 2.44. The molecule has 2 atom stereocenters. The molecule has 196 valence electrons. The first-order chi connectivity index (χ1) is 18.2. The lowest BCUT2D eigenvalue weighted by atomic mass is 10.0. The first-order valence-corrected chi connectivity index (χ1v) is 14.5. The molecule has 2 N–H and O–H groups in total. The van der Waals surface area contributed by atoms with Gasteiger partial charge in [-0.2, -0.15) is 0 Å². The van der Waals surface area contributed by atoms with Crippen LogP contribution in [0.15, 0.2) is 79.1 Å². The molecule has 0 unspecified atom stereocenters. The summed E-state index contributed by atoms with van der Waals surface area (Å²) in [5, 5.41) is 4.90. The number of hydrogen-bond acceptors (Lipinski definition) is 5. The third-order valence-corrected chi connectivity index (χ3v) is 7.55. The van der Waals surface area contributed by atoms with E-state index in [1.165, 1.54) is 7.11 Å². The van der Waals surface area contributed by atoms with Crippen molar-refractivity contribution in [3.8, 4) is 11.4 Å². The molecule has 0 saturated carbocycles. The van der Waals surface area contributed by atoms with E-state index >= 15 is 0 Å². The Bertz CT molecular complexity index is 1610. The summed E-state index contributed by atoms with van der Waals surface area (Å²) in [4.78, 5) is 6.54. The summed E-state index contributed by atoms with van der Waals surface area (Å²) in [5.74, 6) is 0.381. The van der Waals surface area contributed by atoms with Crippen LogP contribution >= 0.6 is 35.4 Å². The Morgan fingerprint density at radius 1 is 1.08 bits per heavy atom. The van der Waals surface area contributed by atoms with Crippen molar-refractivity contribution >= 4 is 61.9 Å². The summed E-state index contributed by atoms with van der Waals surface area (Å²) in [6.45, 7) is 0. The van der Waals surface area contributed by atoms with Gasteiger partial charge in [-0.1, -0.05) is 29.3 Å². The molecule has 0 aliphatic carbocycles. The number of aromatic nitrogens is 2. The van der Waals surface area contributed by atoms with Gasteiger partial charge in [0.2, 0.25) is 10.0 Å². The molecule has 38 heavy (non-hydrogen) atoms. The van der Waals surface area contributed by atoms with Gasteiger partial charge in [0.15, 0.2) is 5.11 Å². The summed E-state index contributed by atoms with van der Waals surface area (Å²) < 4.78 is 34.0. The Balaban J connectivity index is 1.68. The maximum Gasteiger partial charge on any atom is 0.229 e. The summed E-state index contributed by atoms with van der Waals surface area (Å²) in [6, 6.07) is 19.5. The number of anilines is 2. The van der Waals surface area contributed by atoms with Gasteiger partial charge >= 0.3 is 0 Å². The highest BCUT2D eigenvalue weighted by Gasteiger charge is 2.42. The molecule has 2 aromatic carbocycles. The molecule has 5 rings (SSSR count). The van der Waals surface area contributed by atoms with Crippen molar-refractivity contribution in [2.75, 3.05) is 23.0 Å². The molecule has 0 amide bonds. The second-order valence-electron chi connectivity index (χ2n) is 8.65. The molecule has 12 heteroatoms. The van der Waals surface area contributed by atoms with Gasteiger partial charge < -0.3 is 19.5 Å². The van der Waals surface area contributed by atoms with Crippen LogP contribution in [0.5, 0.6) is 5.75 Å². The van der Waals surface area contributed by atoms with Gasteiger partial charge in [0, 0.05) is 28.8 Å². The van der Waals surface area contributed by atoms with Crippen LogP contribution in [-0.4, -0.2) is 36.4 Å². The number of rotatable bonds is 7. The van der Waals surface area contributed by atoms with Crippen LogP contribution in [0, 0.1) is 0 Å². The average Bonchev–Trinajstić information content (AvgIpc) is 3.47. The Labute approximate surface area is 236 Å². The molecular weight excluding hydrogens is 565 g/mol. The minimum absolute atomic E-state index is 0.298. The summed E-state index contributed by atoms with van der Waals surface area (Å²) >= 11 is 18.6. The predicted molar refractivity (Wildman–Crippen MR) is 155 cm³/mol. The normalized spacial score (nSPS) is 17.4. The van der Waals surface area contributed by atoms with E-state index in [0.29, 0.717) is 32.3 Å². The minimum Gasteiger partial charge on any atom is -0.495 e. The van der Waals surface area contributed by atoms with Gasteiger partial charge in [-0.25, -0.2) is 8.42 Å².